The molecule has 0 spiro atoms. The first-order valence-corrected chi connectivity index (χ1v) is 41.2. The van der Waals surface area contributed by atoms with Crippen LogP contribution in [0.15, 0.2) is 0 Å². The van der Waals surface area contributed by atoms with Crippen molar-refractivity contribution in [1.82, 2.24) is 0 Å². The fourth-order valence-corrected chi connectivity index (χ4v) is 12.8. The van der Waals surface area contributed by atoms with Crippen molar-refractivity contribution < 1.29 is 80.2 Å². The van der Waals surface area contributed by atoms with Crippen LogP contribution in [0.25, 0.3) is 0 Å². The standard InChI is InChI=1S/C74H144O17P2/c1-64(2)50-42-34-26-19-15-11-9-10-12-18-22-31-40-48-56-73(78)90-70(61-85-72(77)55-47-39-33-25-29-37-45-53-67(7)8)63-89-93(82,83)87-59-68(75)58-86-92(80,81)88-62-69(91-74(79)57-49-41-32-24-23-28-36-44-52-66(5)6)60-84-71(76)54-46-38-30-21-17-14-13-16-20-27-35-43-51-65(3)4/h64-70,75H,9-63H2,1-8H3,(H,80,81)(H,82,83)/t68?,69-,70-/m1/s1. The van der Waals surface area contributed by atoms with Crippen LogP contribution in [0.5, 0.6) is 0 Å². The van der Waals surface area contributed by atoms with Crippen molar-refractivity contribution in [2.24, 2.45) is 23.7 Å². The lowest BCUT2D eigenvalue weighted by molar-refractivity contribution is -0.161. The van der Waals surface area contributed by atoms with E-state index in [1.165, 1.54) is 167 Å². The van der Waals surface area contributed by atoms with Gasteiger partial charge in [0.15, 0.2) is 12.2 Å². The topological polar surface area (TPSA) is 237 Å². The molecule has 0 saturated heterocycles. The normalized spacial score (nSPS) is 14.2. The Bertz CT molecular complexity index is 1830. The van der Waals surface area contributed by atoms with E-state index in [1.54, 1.807) is 0 Å². The number of aliphatic hydroxyl groups excluding tert-OH is 1. The summed E-state index contributed by atoms with van der Waals surface area (Å²) >= 11 is 0. The lowest BCUT2D eigenvalue weighted by Crippen LogP contribution is -2.30. The van der Waals surface area contributed by atoms with Crippen molar-refractivity contribution in [2.45, 2.75) is 388 Å². The summed E-state index contributed by atoms with van der Waals surface area (Å²) in [6.45, 7) is 14.1. The van der Waals surface area contributed by atoms with Crippen molar-refractivity contribution >= 4 is 39.5 Å². The summed E-state index contributed by atoms with van der Waals surface area (Å²) in [6, 6.07) is 0. The van der Waals surface area contributed by atoms with E-state index in [4.69, 9.17) is 37.0 Å². The maximum absolute atomic E-state index is 13.0. The minimum absolute atomic E-state index is 0.104. The van der Waals surface area contributed by atoms with Gasteiger partial charge in [0.2, 0.25) is 0 Å². The fourth-order valence-electron chi connectivity index (χ4n) is 11.2. The highest BCUT2D eigenvalue weighted by atomic mass is 31.2. The van der Waals surface area contributed by atoms with Gasteiger partial charge in [0.05, 0.1) is 26.4 Å². The molecule has 0 aromatic rings. The second-order valence-corrected chi connectivity index (χ2v) is 31.5. The number of aliphatic hydroxyl groups is 1. The maximum atomic E-state index is 13.0. The molecule has 0 aliphatic rings. The largest absolute Gasteiger partial charge is 0.472 e. The van der Waals surface area contributed by atoms with Crippen LogP contribution in [0, 0.1) is 23.7 Å². The molecule has 3 unspecified atom stereocenters. The fraction of sp³-hybridized carbons (Fsp3) is 0.946. The van der Waals surface area contributed by atoms with E-state index in [0.717, 1.165) is 114 Å². The van der Waals surface area contributed by atoms with Gasteiger partial charge >= 0.3 is 39.5 Å². The van der Waals surface area contributed by atoms with Crippen molar-refractivity contribution in [1.29, 1.82) is 0 Å². The van der Waals surface area contributed by atoms with Gasteiger partial charge in [0.1, 0.15) is 19.3 Å². The SMILES string of the molecule is CC(C)CCCCCCCCCCCCCCCCC(=O)O[C@H](COC(=O)CCCCCCCCCC(C)C)COP(=O)(O)OCC(O)COP(=O)(O)OC[C@@H](COC(=O)CCCCCCCCCCCCCCC(C)C)OC(=O)CCCCCCCCCCC(C)C. The van der Waals surface area contributed by atoms with Crippen molar-refractivity contribution in [3.8, 4) is 0 Å². The molecular weight excluding hydrogens is 1220 g/mol. The summed E-state index contributed by atoms with van der Waals surface area (Å²) in [7, 11) is -9.91. The number of carbonyl (C=O) groups excluding carboxylic acids is 4. The van der Waals surface area contributed by atoms with Gasteiger partial charge in [-0.15, -0.1) is 0 Å². The number of hydrogen-bond donors (Lipinski definition) is 3. The summed E-state index contributed by atoms with van der Waals surface area (Å²) in [5.41, 5.74) is 0. The van der Waals surface area contributed by atoms with Crippen LogP contribution in [0.2, 0.25) is 0 Å². The summed E-state index contributed by atoms with van der Waals surface area (Å²) in [5, 5.41) is 10.6. The first-order chi connectivity index (χ1) is 44.6. The lowest BCUT2D eigenvalue weighted by Gasteiger charge is -2.21. The van der Waals surface area contributed by atoms with Crippen LogP contribution in [0.1, 0.15) is 370 Å². The van der Waals surface area contributed by atoms with E-state index in [0.29, 0.717) is 31.6 Å². The lowest BCUT2D eigenvalue weighted by atomic mass is 10.0. The molecule has 5 atom stereocenters. The van der Waals surface area contributed by atoms with E-state index in [-0.39, 0.29) is 25.7 Å². The number of phosphoric acid groups is 2. The Morgan fingerprint density at radius 2 is 0.452 bits per heavy atom. The Labute approximate surface area is 568 Å². The number of carbonyl (C=O) groups is 4. The highest BCUT2D eigenvalue weighted by molar-refractivity contribution is 7.47. The van der Waals surface area contributed by atoms with Crippen LogP contribution in [0.4, 0.5) is 0 Å². The number of hydrogen-bond acceptors (Lipinski definition) is 15. The average molecular weight is 1370 g/mol. The third-order valence-electron chi connectivity index (χ3n) is 17.1. The predicted molar refractivity (Wildman–Crippen MR) is 377 cm³/mol. The van der Waals surface area contributed by atoms with Gasteiger partial charge < -0.3 is 33.8 Å². The maximum Gasteiger partial charge on any atom is 0.472 e. The second kappa shape index (κ2) is 63.5. The van der Waals surface area contributed by atoms with E-state index >= 15 is 0 Å². The highest BCUT2D eigenvalue weighted by Crippen LogP contribution is 2.45. The zero-order valence-electron chi connectivity index (χ0n) is 60.9. The molecule has 0 amide bonds. The zero-order valence-corrected chi connectivity index (χ0v) is 62.7. The number of ether oxygens (including phenoxy) is 4. The van der Waals surface area contributed by atoms with E-state index in [9.17, 15) is 43.2 Å². The zero-order chi connectivity index (χ0) is 68.9. The second-order valence-electron chi connectivity index (χ2n) is 28.6. The van der Waals surface area contributed by atoms with Gasteiger partial charge in [0, 0.05) is 25.7 Å². The third kappa shape index (κ3) is 68.4. The Balaban J connectivity index is 5.22. The van der Waals surface area contributed by atoms with Crippen LogP contribution >= 0.6 is 15.6 Å². The Kier molecular flexibility index (Phi) is 62.2. The molecule has 0 radical (unpaired) electrons. The predicted octanol–water partition coefficient (Wildman–Crippen LogP) is 21.3. The molecular formula is C74H144O17P2. The Morgan fingerprint density at radius 1 is 0.269 bits per heavy atom. The molecule has 0 heterocycles. The molecule has 93 heavy (non-hydrogen) atoms. The van der Waals surface area contributed by atoms with Crippen LogP contribution in [0.3, 0.4) is 0 Å². The van der Waals surface area contributed by atoms with E-state index in [1.807, 2.05) is 0 Å². The number of unbranched alkanes of at least 4 members (excludes halogenated alkanes) is 37. The quantitative estimate of drug-likeness (QED) is 0.0222. The summed E-state index contributed by atoms with van der Waals surface area (Å²) in [6.07, 6.45) is 47.3. The first kappa shape index (κ1) is 91.1. The van der Waals surface area contributed by atoms with Gasteiger partial charge in [-0.1, -0.05) is 319 Å². The van der Waals surface area contributed by atoms with Crippen molar-refractivity contribution in [2.75, 3.05) is 39.6 Å². The van der Waals surface area contributed by atoms with Crippen molar-refractivity contribution in [3.63, 3.8) is 0 Å². The molecule has 0 aromatic heterocycles. The Hall–Kier alpha value is -1.94. The van der Waals surface area contributed by atoms with Crippen LogP contribution in [-0.4, -0.2) is 96.7 Å². The molecule has 0 aromatic carbocycles. The number of esters is 4. The molecule has 0 aliphatic carbocycles. The minimum atomic E-state index is -4.95. The molecule has 0 aliphatic heterocycles. The van der Waals surface area contributed by atoms with Crippen LogP contribution < -0.4 is 0 Å². The molecule has 0 bridgehead atoms. The van der Waals surface area contributed by atoms with Gasteiger partial charge in [-0.25, -0.2) is 9.13 Å². The van der Waals surface area contributed by atoms with E-state index < -0.39 is 97.5 Å². The molecule has 0 fully saturated rings. The monoisotopic (exact) mass is 1370 g/mol. The van der Waals surface area contributed by atoms with Gasteiger partial charge in [-0.2, -0.15) is 0 Å². The molecule has 19 heteroatoms. The summed E-state index contributed by atoms with van der Waals surface area (Å²) in [4.78, 5) is 72.7. The summed E-state index contributed by atoms with van der Waals surface area (Å²) < 4.78 is 68.4. The number of phosphoric ester groups is 2. The number of rotatable bonds is 71. The molecule has 3 N–H and O–H groups in total. The minimum Gasteiger partial charge on any atom is -0.462 e. The first-order valence-electron chi connectivity index (χ1n) is 38.2. The molecule has 0 saturated carbocycles. The van der Waals surface area contributed by atoms with Gasteiger partial charge in [-0.05, 0) is 49.4 Å². The smallest absolute Gasteiger partial charge is 0.462 e. The average Bonchev–Trinajstić information content (AvgIpc) is 3.67. The highest BCUT2D eigenvalue weighted by Gasteiger charge is 2.30. The van der Waals surface area contributed by atoms with E-state index in [2.05, 4.69) is 55.4 Å². The Morgan fingerprint density at radius 3 is 0.667 bits per heavy atom. The van der Waals surface area contributed by atoms with Gasteiger partial charge in [-0.3, -0.25) is 37.3 Å². The van der Waals surface area contributed by atoms with Crippen LogP contribution in [-0.2, 0) is 65.4 Å². The van der Waals surface area contributed by atoms with Crippen molar-refractivity contribution in [3.05, 3.63) is 0 Å². The summed E-state index contributed by atoms with van der Waals surface area (Å²) in [5.74, 6) is 0.875. The molecule has 552 valence electrons. The molecule has 0 rings (SSSR count). The third-order valence-corrected chi connectivity index (χ3v) is 19.0. The molecule has 17 nitrogen and oxygen atoms in total. The van der Waals surface area contributed by atoms with Gasteiger partial charge in [0.25, 0.3) is 0 Å².